The van der Waals surface area contributed by atoms with E-state index >= 15 is 0 Å². The molecule has 22 heavy (non-hydrogen) atoms. The predicted octanol–water partition coefficient (Wildman–Crippen LogP) is 2.26. The fraction of sp³-hybridized carbons (Fsp3) is 0.533. The fourth-order valence-corrected chi connectivity index (χ4v) is 2.44. The minimum atomic E-state index is -0.0953. The van der Waals surface area contributed by atoms with Crippen LogP contribution in [0.15, 0.2) is 22.9 Å². The third kappa shape index (κ3) is 3.42. The third-order valence-corrected chi connectivity index (χ3v) is 3.70. The van der Waals surface area contributed by atoms with Crippen molar-refractivity contribution in [2.45, 2.75) is 32.0 Å². The normalized spacial score (nSPS) is 21.2. The molecule has 7 heteroatoms. The van der Waals surface area contributed by atoms with Gasteiger partial charge in [-0.05, 0) is 31.9 Å². The van der Waals surface area contributed by atoms with Crippen molar-refractivity contribution in [2.24, 2.45) is 0 Å². The molecule has 118 valence electrons. The highest BCUT2D eigenvalue weighted by atomic mass is 16.5. The molecule has 1 aliphatic rings. The lowest BCUT2D eigenvalue weighted by atomic mass is 10.0. The van der Waals surface area contributed by atoms with E-state index in [1.54, 1.807) is 13.3 Å². The molecule has 0 aromatic carbocycles. The summed E-state index contributed by atoms with van der Waals surface area (Å²) in [6.07, 6.45) is 3.90. The standard InChI is InChI=1S/C15H20N4O3/c1-15(6-3-7-21-15)10-17-12-5-4-11(8-16-12)14-18-13(9-20-2)19-22-14/h4-5,8H,3,6-7,9-10H2,1-2H3,(H,16,17)/t15-/m0/s1. The second-order valence-corrected chi connectivity index (χ2v) is 5.64. The molecule has 0 unspecified atom stereocenters. The van der Waals surface area contributed by atoms with Crippen molar-refractivity contribution < 1.29 is 14.0 Å². The van der Waals surface area contributed by atoms with Crippen LogP contribution in [0.1, 0.15) is 25.6 Å². The Morgan fingerprint density at radius 1 is 1.41 bits per heavy atom. The second kappa shape index (κ2) is 6.41. The maximum absolute atomic E-state index is 5.75. The van der Waals surface area contributed by atoms with Crippen molar-refractivity contribution in [1.29, 1.82) is 0 Å². The molecule has 0 amide bonds. The van der Waals surface area contributed by atoms with E-state index in [0.29, 0.717) is 18.3 Å². The molecule has 1 fully saturated rings. The molecule has 3 rings (SSSR count). The van der Waals surface area contributed by atoms with Gasteiger partial charge in [-0.2, -0.15) is 4.98 Å². The Morgan fingerprint density at radius 3 is 3.00 bits per heavy atom. The molecule has 0 saturated carbocycles. The first kappa shape index (κ1) is 14.9. The first-order valence-electron chi connectivity index (χ1n) is 7.34. The average Bonchev–Trinajstić information content (AvgIpc) is 3.16. The Kier molecular flexibility index (Phi) is 4.35. The zero-order valence-corrected chi connectivity index (χ0v) is 12.8. The SMILES string of the molecule is COCc1noc(-c2ccc(NC[C@]3(C)CCCO3)nc2)n1. The minimum Gasteiger partial charge on any atom is -0.377 e. The van der Waals surface area contributed by atoms with E-state index < -0.39 is 0 Å². The zero-order valence-electron chi connectivity index (χ0n) is 12.8. The highest BCUT2D eigenvalue weighted by Gasteiger charge is 2.29. The Balaban J connectivity index is 1.62. The van der Waals surface area contributed by atoms with Crippen molar-refractivity contribution >= 4 is 5.82 Å². The van der Waals surface area contributed by atoms with Gasteiger partial charge < -0.3 is 19.3 Å². The number of nitrogens with zero attached hydrogens (tertiary/aromatic N) is 3. The Bertz CT molecular complexity index is 606. The smallest absolute Gasteiger partial charge is 0.259 e. The van der Waals surface area contributed by atoms with Crippen molar-refractivity contribution in [3.63, 3.8) is 0 Å². The first-order chi connectivity index (χ1) is 10.7. The van der Waals surface area contributed by atoms with E-state index in [1.807, 2.05) is 12.1 Å². The lowest BCUT2D eigenvalue weighted by Gasteiger charge is -2.23. The van der Waals surface area contributed by atoms with E-state index in [9.17, 15) is 0 Å². The summed E-state index contributed by atoms with van der Waals surface area (Å²) >= 11 is 0. The molecular weight excluding hydrogens is 284 g/mol. The van der Waals surface area contributed by atoms with Crippen molar-refractivity contribution in [1.82, 2.24) is 15.1 Å². The topological polar surface area (TPSA) is 82.3 Å². The summed E-state index contributed by atoms with van der Waals surface area (Å²) in [4.78, 5) is 8.61. The molecular formula is C15H20N4O3. The van der Waals surface area contributed by atoms with Gasteiger partial charge in [-0.15, -0.1) is 0 Å². The van der Waals surface area contributed by atoms with E-state index in [1.165, 1.54) is 0 Å². The second-order valence-electron chi connectivity index (χ2n) is 5.64. The largest absolute Gasteiger partial charge is 0.377 e. The number of pyridine rings is 1. The molecule has 1 aliphatic heterocycles. The van der Waals surface area contributed by atoms with Gasteiger partial charge in [0, 0.05) is 26.5 Å². The molecule has 0 radical (unpaired) electrons. The number of hydrogen-bond donors (Lipinski definition) is 1. The lowest BCUT2D eigenvalue weighted by molar-refractivity contribution is 0.0315. The summed E-state index contributed by atoms with van der Waals surface area (Å²) in [6, 6.07) is 3.80. The zero-order chi connectivity index (χ0) is 15.4. The van der Waals surface area contributed by atoms with Crippen LogP contribution in [-0.4, -0.2) is 41.0 Å². The Morgan fingerprint density at radius 2 is 2.32 bits per heavy atom. The lowest BCUT2D eigenvalue weighted by Crippen LogP contribution is -2.32. The molecule has 2 aromatic rings. The quantitative estimate of drug-likeness (QED) is 0.876. The number of anilines is 1. The van der Waals surface area contributed by atoms with Crippen LogP contribution in [0.4, 0.5) is 5.82 Å². The first-order valence-corrected chi connectivity index (χ1v) is 7.34. The Hall–Kier alpha value is -1.99. The number of methoxy groups -OCH3 is 1. The van der Waals surface area contributed by atoms with Gasteiger partial charge in [0.05, 0.1) is 11.2 Å². The molecule has 2 aromatic heterocycles. The minimum absolute atomic E-state index is 0.0953. The molecule has 0 bridgehead atoms. The van der Waals surface area contributed by atoms with Gasteiger partial charge in [0.15, 0.2) is 5.82 Å². The summed E-state index contributed by atoms with van der Waals surface area (Å²) in [5, 5.41) is 7.14. The van der Waals surface area contributed by atoms with Gasteiger partial charge in [0.2, 0.25) is 0 Å². The van der Waals surface area contributed by atoms with Crippen LogP contribution in [0.2, 0.25) is 0 Å². The fourth-order valence-electron chi connectivity index (χ4n) is 2.44. The number of ether oxygens (including phenoxy) is 2. The van der Waals surface area contributed by atoms with Gasteiger partial charge >= 0.3 is 0 Å². The van der Waals surface area contributed by atoms with Gasteiger partial charge in [0.1, 0.15) is 12.4 Å². The van der Waals surface area contributed by atoms with Gasteiger partial charge in [-0.1, -0.05) is 5.16 Å². The summed E-state index contributed by atoms with van der Waals surface area (Å²) < 4.78 is 15.9. The van der Waals surface area contributed by atoms with E-state index in [2.05, 4.69) is 27.4 Å². The van der Waals surface area contributed by atoms with E-state index in [4.69, 9.17) is 14.0 Å². The molecule has 0 aliphatic carbocycles. The summed E-state index contributed by atoms with van der Waals surface area (Å²) in [5.41, 5.74) is 0.686. The predicted molar refractivity (Wildman–Crippen MR) is 80.3 cm³/mol. The highest BCUT2D eigenvalue weighted by Crippen LogP contribution is 2.25. The molecule has 1 saturated heterocycles. The van der Waals surface area contributed by atoms with Gasteiger partial charge in [-0.3, -0.25) is 0 Å². The van der Waals surface area contributed by atoms with E-state index in [-0.39, 0.29) is 5.60 Å². The monoisotopic (exact) mass is 304 g/mol. The molecule has 1 atom stereocenters. The highest BCUT2D eigenvalue weighted by molar-refractivity contribution is 5.54. The van der Waals surface area contributed by atoms with Crippen LogP contribution in [0, 0.1) is 0 Å². The number of nitrogens with one attached hydrogen (secondary N) is 1. The van der Waals surface area contributed by atoms with Crippen molar-refractivity contribution in [3.8, 4) is 11.5 Å². The average molecular weight is 304 g/mol. The summed E-state index contributed by atoms with van der Waals surface area (Å²) in [6.45, 7) is 4.04. The van der Waals surface area contributed by atoms with Crippen molar-refractivity contribution in [2.75, 3.05) is 25.6 Å². The molecule has 3 heterocycles. The van der Waals surface area contributed by atoms with Crippen LogP contribution in [0.5, 0.6) is 0 Å². The molecule has 7 nitrogen and oxygen atoms in total. The summed E-state index contributed by atoms with van der Waals surface area (Å²) in [7, 11) is 1.59. The third-order valence-electron chi connectivity index (χ3n) is 3.70. The molecule has 1 N–H and O–H groups in total. The van der Waals surface area contributed by atoms with Gasteiger partial charge in [-0.25, -0.2) is 4.98 Å². The van der Waals surface area contributed by atoms with Crippen LogP contribution in [-0.2, 0) is 16.1 Å². The van der Waals surface area contributed by atoms with E-state index in [0.717, 1.165) is 37.4 Å². The number of rotatable bonds is 6. The Labute approximate surface area is 129 Å². The number of aromatic nitrogens is 3. The maximum atomic E-state index is 5.75. The van der Waals surface area contributed by atoms with Crippen LogP contribution >= 0.6 is 0 Å². The van der Waals surface area contributed by atoms with Crippen LogP contribution < -0.4 is 5.32 Å². The number of hydrogen-bond acceptors (Lipinski definition) is 7. The summed E-state index contributed by atoms with van der Waals surface area (Å²) in [5.74, 6) is 1.76. The van der Waals surface area contributed by atoms with Crippen LogP contribution in [0.25, 0.3) is 11.5 Å². The van der Waals surface area contributed by atoms with Gasteiger partial charge in [0.25, 0.3) is 5.89 Å². The maximum Gasteiger partial charge on any atom is 0.259 e. The van der Waals surface area contributed by atoms with Crippen molar-refractivity contribution in [3.05, 3.63) is 24.2 Å². The molecule has 0 spiro atoms. The van der Waals surface area contributed by atoms with Crippen LogP contribution in [0.3, 0.4) is 0 Å².